The molecule has 3 rings (SSSR count). The zero-order valence-corrected chi connectivity index (χ0v) is 15.9. The quantitative estimate of drug-likeness (QED) is 0.846. The number of hydrogen-bond donors (Lipinski definition) is 1. The molecule has 1 amide bonds. The summed E-state index contributed by atoms with van der Waals surface area (Å²) in [7, 11) is 0. The van der Waals surface area contributed by atoms with Gasteiger partial charge in [0.05, 0.1) is 5.56 Å². The van der Waals surface area contributed by atoms with Gasteiger partial charge < -0.3 is 15.1 Å². The number of benzene rings is 1. The Kier molecular flexibility index (Phi) is 6.47. The predicted molar refractivity (Wildman–Crippen MR) is 106 cm³/mol. The lowest BCUT2D eigenvalue weighted by atomic mass is 10.1. The van der Waals surface area contributed by atoms with Gasteiger partial charge in [-0.25, -0.2) is 4.98 Å². The average Bonchev–Trinajstić information content (AvgIpc) is 2.68. The number of aromatic nitrogens is 1. The molecule has 1 N–H and O–H groups in total. The summed E-state index contributed by atoms with van der Waals surface area (Å²) in [5.41, 5.74) is 1.83. The lowest BCUT2D eigenvalue weighted by Gasteiger charge is -2.34. The molecule has 0 aliphatic carbocycles. The minimum Gasteiger partial charge on any atom is -0.370 e. The Labute approximate surface area is 160 Å². The highest BCUT2D eigenvalue weighted by Gasteiger charge is 2.21. The number of carbonyl (C=O) groups excluding carboxylic acids is 1. The molecule has 1 aromatic heterocycles. The molecule has 0 saturated carbocycles. The Morgan fingerprint density at radius 1 is 1.19 bits per heavy atom. The first-order valence-corrected chi connectivity index (χ1v) is 9.49. The summed E-state index contributed by atoms with van der Waals surface area (Å²) in [6.07, 6.45) is 2.53. The van der Waals surface area contributed by atoms with E-state index in [4.69, 9.17) is 11.6 Å². The van der Waals surface area contributed by atoms with E-state index in [0.717, 1.165) is 56.5 Å². The van der Waals surface area contributed by atoms with Gasteiger partial charge >= 0.3 is 0 Å². The van der Waals surface area contributed by atoms with Crippen molar-refractivity contribution in [1.29, 1.82) is 0 Å². The summed E-state index contributed by atoms with van der Waals surface area (Å²) >= 11 is 6.00. The Hall–Kier alpha value is -2.11. The molecule has 1 saturated heterocycles. The van der Waals surface area contributed by atoms with E-state index in [1.165, 1.54) is 5.56 Å². The van der Waals surface area contributed by atoms with Crippen molar-refractivity contribution in [3.63, 3.8) is 0 Å². The normalized spacial score (nSPS) is 15.1. The van der Waals surface area contributed by atoms with Crippen molar-refractivity contribution in [2.24, 2.45) is 0 Å². The Morgan fingerprint density at radius 3 is 2.65 bits per heavy atom. The lowest BCUT2D eigenvalue weighted by Crippen LogP contribution is -2.48. The SMILES string of the molecule is CCN1CCN(C(=O)c2ccc(NCCc3cccc(Cl)c3)nc2)CC1. The van der Waals surface area contributed by atoms with E-state index in [1.807, 2.05) is 35.2 Å². The van der Waals surface area contributed by atoms with Crippen LogP contribution in [-0.2, 0) is 6.42 Å². The molecule has 26 heavy (non-hydrogen) atoms. The van der Waals surface area contributed by atoms with Gasteiger partial charge in [0.25, 0.3) is 5.91 Å². The number of nitrogens with one attached hydrogen (secondary N) is 1. The highest BCUT2D eigenvalue weighted by atomic mass is 35.5. The molecule has 138 valence electrons. The number of carbonyl (C=O) groups is 1. The maximum absolute atomic E-state index is 12.6. The van der Waals surface area contributed by atoms with E-state index in [0.29, 0.717) is 5.56 Å². The highest BCUT2D eigenvalue weighted by molar-refractivity contribution is 6.30. The Bertz CT molecular complexity index is 727. The number of nitrogens with zero attached hydrogens (tertiary/aromatic N) is 3. The molecule has 0 unspecified atom stereocenters. The van der Waals surface area contributed by atoms with Crippen molar-refractivity contribution in [2.75, 3.05) is 44.6 Å². The molecule has 0 spiro atoms. The molecule has 2 heterocycles. The van der Waals surface area contributed by atoms with E-state index in [2.05, 4.69) is 28.2 Å². The van der Waals surface area contributed by atoms with Crippen LogP contribution in [0.4, 0.5) is 5.82 Å². The highest BCUT2D eigenvalue weighted by Crippen LogP contribution is 2.13. The first kappa shape index (κ1) is 18.7. The lowest BCUT2D eigenvalue weighted by molar-refractivity contribution is 0.0643. The molecule has 1 aliphatic heterocycles. The fraction of sp³-hybridized carbons (Fsp3) is 0.400. The predicted octanol–water partition coefficient (Wildman–Crippen LogP) is 3.17. The van der Waals surface area contributed by atoms with Crippen LogP contribution >= 0.6 is 11.6 Å². The smallest absolute Gasteiger partial charge is 0.255 e. The third kappa shape index (κ3) is 4.96. The number of rotatable bonds is 6. The number of amides is 1. The van der Waals surface area contributed by atoms with Crippen LogP contribution in [0.25, 0.3) is 0 Å². The molecular formula is C20H25ClN4O. The van der Waals surface area contributed by atoms with Gasteiger partial charge in [0.15, 0.2) is 0 Å². The third-order valence-electron chi connectivity index (χ3n) is 4.73. The molecular weight excluding hydrogens is 348 g/mol. The topological polar surface area (TPSA) is 48.5 Å². The minimum atomic E-state index is 0.0683. The van der Waals surface area contributed by atoms with E-state index < -0.39 is 0 Å². The number of pyridine rings is 1. The number of halogens is 1. The second-order valence-corrected chi connectivity index (χ2v) is 6.90. The summed E-state index contributed by atoms with van der Waals surface area (Å²) in [6.45, 7) is 7.41. The molecule has 1 aromatic carbocycles. The van der Waals surface area contributed by atoms with Gasteiger partial charge in [0, 0.05) is 43.9 Å². The van der Waals surface area contributed by atoms with Gasteiger partial charge in [0.1, 0.15) is 5.82 Å². The summed E-state index contributed by atoms with van der Waals surface area (Å²) in [5, 5.41) is 4.04. The summed E-state index contributed by atoms with van der Waals surface area (Å²) in [4.78, 5) is 21.2. The molecule has 1 fully saturated rings. The number of anilines is 1. The first-order valence-electron chi connectivity index (χ1n) is 9.11. The van der Waals surface area contributed by atoms with Crippen LogP contribution in [0.5, 0.6) is 0 Å². The fourth-order valence-corrected chi connectivity index (χ4v) is 3.31. The van der Waals surface area contributed by atoms with Crippen LogP contribution in [0.1, 0.15) is 22.8 Å². The van der Waals surface area contributed by atoms with Crippen LogP contribution < -0.4 is 5.32 Å². The van der Waals surface area contributed by atoms with Gasteiger partial charge in [-0.1, -0.05) is 30.7 Å². The second-order valence-electron chi connectivity index (χ2n) is 6.47. The Balaban J connectivity index is 1.49. The fourth-order valence-electron chi connectivity index (χ4n) is 3.10. The maximum Gasteiger partial charge on any atom is 0.255 e. The summed E-state index contributed by atoms with van der Waals surface area (Å²) < 4.78 is 0. The molecule has 2 aromatic rings. The van der Waals surface area contributed by atoms with Crippen LogP contribution in [0.2, 0.25) is 5.02 Å². The number of likely N-dealkylation sites (N-methyl/N-ethyl adjacent to an activating group) is 1. The summed E-state index contributed by atoms with van der Waals surface area (Å²) in [5.74, 6) is 0.845. The van der Waals surface area contributed by atoms with Crippen LogP contribution in [0.3, 0.4) is 0 Å². The number of piperazine rings is 1. The van der Waals surface area contributed by atoms with Crippen LogP contribution in [-0.4, -0.2) is 60.0 Å². The standard InChI is InChI=1S/C20H25ClN4O/c1-2-24-10-12-25(13-11-24)20(26)17-6-7-19(23-15-17)22-9-8-16-4-3-5-18(21)14-16/h3-7,14-15H,2,8-13H2,1H3,(H,22,23). The minimum absolute atomic E-state index is 0.0683. The average molecular weight is 373 g/mol. The van der Waals surface area contributed by atoms with Crippen molar-refractivity contribution in [3.8, 4) is 0 Å². The van der Waals surface area contributed by atoms with Crippen molar-refractivity contribution in [2.45, 2.75) is 13.3 Å². The van der Waals surface area contributed by atoms with Gasteiger partial charge in [-0.2, -0.15) is 0 Å². The van der Waals surface area contributed by atoms with E-state index in [9.17, 15) is 4.79 Å². The van der Waals surface area contributed by atoms with Gasteiger partial charge in [-0.05, 0) is 42.8 Å². The molecule has 6 heteroatoms. The van der Waals surface area contributed by atoms with Crippen molar-refractivity contribution in [3.05, 3.63) is 58.7 Å². The Morgan fingerprint density at radius 2 is 2.00 bits per heavy atom. The van der Waals surface area contributed by atoms with E-state index >= 15 is 0 Å². The largest absolute Gasteiger partial charge is 0.370 e. The maximum atomic E-state index is 12.6. The van der Waals surface area contributed by atoms with Crippen molar-refractivity contribution in [1.82, 2.24) is 14.8 Å². The monoisotopic (exact) mass is 372 g/mol. The molecule has 0 bridgehead atoms. The molecule has 1 aliphatic rings. The molecule has 5 nitrogen and oxygen atoms in total. The zero-order chi connectivity index (χ0) is 18.4. The van der Waals surface area contributed by atoms with Crippen molar-refractivity contribution < 1.29 is 4.79 Å². The third-order valence-corrected chi connectivity index (χ3v) is 4.96. The van der Waals surface area contributed by atoms with Gasteiger partial charge in [-0.15, -0.1) is 0 Å². The van der Waals surface area contributed by atoms with Crippen molar-refractivity contribution >= 4 is 23.3 Å². The van der Waals surface area contributed by atoms with E-state index in [1.54, 1.807) is 6.20 Å². The summed E-state index contributed by atoms with van der Waals surface area (Å²) in [6, 6.07) is 11.6. The van der Waals surface area contributed by atoms with E-state index in [-0.39, 0.29) is 5.91 Å². The van der Waals surface area contributed by atoms with Gasteiger partial charge in [-0.3, -0.25) is 4.79 Å². The van der Waals surface area contributed by atoms with Gasteiger partial charge in [0.2, 0.25) is 0 Å². The number of hydrogen-bond acceptors (Lipinski definition) is 4. The first-order chi connectivity index (χ1) is 12.7. The van der Waals surface area contributed by atoms with Crippen LogP contribution in [0, 0.1) is 0 Å². The molecule has 0 atom stereocenters. The second kappa shape index (κ2) is 9.01. The molecule has 0 radical (unpaired) electrons. The zero-order valence-electron chi connectivity index (χ0n) is 15.1. The van der Waals surface area contributed by atoms with Crippen LogP contribution in [0.15, 0.2) is 42.6 Å².